The average molecular weight is 504 g/mol. The summed E-state index contributed by atoms with van der Waals surface area (Å²) in [6.07, 6.45) is -8.37. The van der Waals surface area contributed by atoms with E-state index >= 15 is 0 Å². The van der Waals surface area contributed by atoms with Crippen LogP contribution in [0.2, 0.25) is 0 Å². The van der Waals surface area contributed by atoms with Gasteiger partial charge < -0.3 is 44.1 Å². The van der Waals surface area contributed by atoms with Crippen LogP contribution < -0.4 is 0 Å². The standard InChI is InChI=1S/C25H28O11/c1-8-6-11-16-13(8)22-35-20-14(15(25(16,20)24(31)33-11)9-2-4-10(27)5-3-9)21(30)34-19-18(29)17(28)12(7-26)32-23(19)36-22/h2-5,8,11-20,22-23,26-29H,6-7H2,1H3/t8-,11-,12+,13?,14?,15+,16?,17+,18?,19?,20?,22-,23-,25-/m0/s1. The highest BCUT2D eigenvalue weighted by Crippen LogP contribution is 2.73. The van der Waals surface area contributed by atoms with Gasteiger partial charge in [0, 0.05) is 17.8 Å². The molecule has 6 fully saturated rings. The van der Waals surface area contributed by atoms with E-state index in [4.69, 9.17) is 23.7 Å². The summed E-state index contributed by atoms with van der Waals surface area (Å²) in [6.45, 7) is 1.46. The number of aliphatic hydroxyl groups is 3. The fourth-order valence-corrected chi connectivity index (χ4v) is 7.92. The molecule has 194 valence electrons. The summed E-state index contributed by atoms with van der Waals surface area (Å²) in [6, 6.07) is 6.36. The molecule has 2 aliphatic carbocycles. The molecule has 2 saturated carbocycles. The van der Waals surface area contributed by atoms with Crippen molar-refractivity contribution in [1.82, 2.24) is 0 Å². The largest absolute Gasteiger partial charge is 0.508 e. The molecule has 4 saturated heterocycles. The minimum absolute atomic E-state index is 0.0505. The van der Waals surface area contributed by atoms with E-state index < -0.39 is 78.9 Å². The zero-order valence-electron chi connectivity index (χ0n) is 19.4. The van der Waals surface area contributed by atoms with Gasteiger partial charge in [0.15, 0.2) is 12.4 Å². The van der Waals surface area contributed by atoms with Crippen LogP contribution in [0.5, 0.6) is 5.75 Å². The molecule has 4 N–H and O–H groups in total. The highest BCUT2D eigenvalue weighted by molar-refractivity contribution is 5.90. The second-order valence-electron chi connectivity index (χ2n) is 11.0. The van der Waals surface area contributed by atoms with Crippen molar-refractivity contribution < 1.29 is 53.7 Å². The number of aromatic hydroxyl groups is 1. The van der Waals surface area contributed by atoms with Crippen LogP contribution in [0.3, 0.4) is 0 Å². The number of benzene rings is 1. The summed E-state index contributed by atoms with van der Waals surface area (Å²) in [5.41, 5.74) is -0.454. The Hall–Kier alpha value is -2.28. The van der Waals surface area contributed by atoms with E-state index in [1.807, 2.05) is 6.92 Å². The van der Waals surface area contributed by atoms with Crippen molar-refractivity contribution in [3.05, 3.63) is 29.8 Å². The van der Waals surface area contributed by atoms with Gasteiger partial charge in [-0.05, 0) is 30.0 Å². The lowest BCUT2D eigenvalue weighted by Crippen LogP contribution is -2.72. The molecule has 4 heterocycles. The number of carbonyl (C=O) groups excluding carboxylic acids is 2. The van der Waals surface area contributed by atoms with Crippen LogP contribution in [0.4, 0.5) is 0 Å². The summed E-state index contributed by atoms with van der Waals surface area (Å²) >= 11 is 0. The van der Waals surface area contributed by atoms with Crippen LogP contribution in [0.15, 0.2) is 24.3 Å². The number of fused-ring (bicyclic) bond motifs is 3. The smallest absolute Gasteiger partial charge is 0.316 e. The van der Waals surface area contributed by atoms with Crippen LogP contribution in [0.1, 0.15) is 24.8 Å². The molecule has 11 nitrogen and oxygen atoms in total. The third kappa shape index (κ3) is 2.68. The molecule has 4 aliphatic heterocycles. The molecule has 14 atom stereocenters. The van der Waals surface area contributed by atoms with Crippen LogP contribution >= 0.6 is 0 Å². The maximum Gasteiger partial charge on any atom is 0.316 e. The van der Waals surface area contributed by atoms with Gasteiger partial charge >= 0.3 is 11.9 Å². The van der Waals surface area contributed by atoms with E-state index in [1.54, 1.807) is 12.1 Å². The minimum atomic E-state index is -1.57. The molecule has 6 unspecified atom stereocenters. The van der Waals surface area contributed by atoms with E-state index in [0.717, 1.165) is 0 Å². The monoisotopic (exact) mass is 504 g/mol. The first kappa shape index (κ1) is 22.9. The lowest BCUT2D eigenvalue weighted by molar-refractivity contribution is -0.374. The van der Waals surface area contributed by atoms with Crippen molar-refractivity contribution >= 4 is 11.9 Å². The van der Waals surface area contributed by atoms with E-state index in [0.29, 0.717) is 12.0 Å². The molecule has 1 aromatic carbocycles. The molecule has 11 heteroatoms. The molecule has 6 aliphatic rings. The molecule has 0 aromatic heterocycles. The van der Waals surface area contributed by atoms with Crippen molar-refractivity contribution in [1.29, 1.82) is 0 Å². The Morgan fingerprint density at radius 3 is 2.47 bits per heavy atom. The van der Waals surface area contributed by atoms with Gasteiger partial charge in [-0.1, -0.05) is 19.1 Å². The normalized spacial score (nSPS) is 52.6. The number of rotatable bonds is 2. The number of aliphatic hydroxyl groups excluding tert-OH is 3. The second kappa shape index (κ2) is 7.62. The van der Waals surface area contributed by atoms with E-state index in [-0.39, 0.29) is 29.6 Å². The molecule has 2 bridgehead atoms. The number of phenols is 1. The summed E-state index contributed by atoms with van der Waals surface area (Å²) < 4.78 is 30.0. The predicted molar refractivity (Wildman–Crippen MR) is 115 cm³/mol. The third-order valence-electron chi connectivity index (χ3n) is 9.37. The van der Waals surface area contributed by atoms with Gasteiger partial charge in [0.1, 0.15) is 35.6 Å². The molecule has 1 aromatic rings. The molecule has 7 rings (SSSR count). The molecule has 0 amide bonds. The Bertz CT molecular complexity index is 1090. The number of hydrogen-bond donors (Lipinski definition) is 4. The first-order valence-electron chi connectivity index (χ1n) is 12.4. The van der Waals surface area contributed by atoms with Crippen LogP contribution in [0.25, 0.3) is 0 Å². The van der Waals surface area contributed by atoms with E-state index in [2.05, 4.69) is 0 Å². The van der Waals surface area contributed by atoms with Gasteiger partial charge in [-0.2, -0.15) is 0 Å². The van der Waals surface area contributed by atoms with Crippen molar-refractivity contribution in [2.24, 2.45) is 29.1 Å². The molecular weight excluding hydrogens is 476 g/mol. The van der Waals surface area contributed by atoms with Gasteiger partial charge in [-0.15, -0.1) is 0 Å². The quantitative estimate of drug-likeness (QED) is 0.381. The summed E-state index contributed by atoms with van der Waals surface area (Å²) in [5, 5.41) is 40.7. The summed E-state index contributed by atoms with van der Waals surface area (Å²) in [7, 11) is 0. The Labute approximate surface area is 205 Å². The molecule has 36 heavy (non-hydrogen) atoms. The fraction of sp³-hybridized carbons (Fsp3) is 0.680. The predicted octanol–water partition coefficient (Wildman–Crippen LogP) is -0.604. The number of hydrogen-bond acceptors (Lipinski definition) is 11. The lowest BCUT2D eigenvalue weighted by Gasteiger charge is -2.62. The first-order valence-corrected chi connectivity index (χ1v) is 12.4. The van der Waals surface area contributed by atoms with Crippen molar-refractivity contribution in [2.45, 2.75) is 68.5 Å². The highest BCUT2D eigenvalue weighted by atomic mass is 16.8. The molecular formula is C25H28O11. The number of phenolic OH excluding ortho intramolecular Hbond substituents is 1. The van der Waals surface area contributed by atoms with Crippen molar-refractivity contribution in [2.75, 3.05) is 6.61 Å². The SMILES string of the molecule is C[C@H]1C[C@@H]2OC(=O)[C@@]34C5O[C@@H](O[C@@H]6O[C@H](CO)[C@@H](O)C(O)C6OC(=O)C5[C@H]3c3ccc(O)cc3)C1C24. The Balaban J connectivity index is 1.37. The number of esters is 2. The fourth-order valence-electron chi connectivity index (χ4n) is 7.92. The maximum atomic E-state index is 13.6. The summed E-state index contributed by atoms with van der Waals surface area (Å²) in [4.78, 5) is 27.2. The van der Waals surface area contributed by atoms with E-state index in [9.17, 15) is 30.0 Å². The Kier molecular flexibility index (Phi) is 4.84. The third-order valence-corrected chi connectivity index (χ3v) is 9.37. The van der Waals surface area contributed by atoms with Gasteiger partial charge in [0.2, 0.25) is 6.29 Å². The van der Waals surface area contributed by atoms with Crippen LogP contribution in [-0.2, 0) is 33.3 Å². The van der Waals surface area contributed by atoms with Gasteiger partial charge in [-0.25, -0.2) is 0 Å². The minimum Gasteiger partial charge on any atom is -0.508 e. The maximum absolute atomic E-state index is 13.6. The first-order chi connectivity index (χ1) is 17.3. The number of carbonyl (C=O) groups is 2. The zero-order valence-corrected chi connectivity index (χ0v) is 19.4. The number of ether oxygens (including phenoxy) is 5. The van der Waals surface area contributed by atoms with Crippen LogP contribution in [0, 0.1) is 29.1 Å². The van der Waals surface area contributed by atoms with Crippen molar-refractivity contribution in [3.63, 3.8) is 0 Å². The Morgan fingerprint density at radius 2 is 1.75 bits per heavy atom. The summed E-state index contributed by atoms with van der Waals surface area (Å²) in [5.74, 6) is -3.14. The highest BCUT2D eigenvalue weighted by Gasteiger charge is 2.83. The van der Waals surface area contributed by atoms with E-state index in [1.165, 1.54) is 12.1 Å². The van der Waals surface area contributed by atoms with Gasteiger partial charge in [0.05, 0.1) is 18.6 Å². The second-order valence-corrected chi connectivity index (χ2v) is 11.0. The van der Waals surface area contributed by atoms with Crippen LogP contribution in [-0.4, -0.2) is 88.2 Å². The Morgan fingerprint density at radius 1 is 1.00 bits per heavy atom. The van der Waals surface area contributed by atoms with Crippen molar-refractivity contribution in [3.8, 4) is 5.75 Å². The topological polar surface area (TPSA) is 161 Å². The average Bonchev–Trinajstić information content (AvgIpc) is 3.32. The zero-order chi connectivity index (χ0) is 25.1. The molecule has 0 radical (unpaired) electrons. The van der Waals surface area contributed by atoms with Gasteiger partial charge in [0.25, 0.3) is 0 Å². The molecule has 1 spiro atoms. The van der Waals surface area contributed by atoms with Gasteiger partial charge in [-0.3, -0.25) is 9.59 Å². The lowest BCUT2D eigenvalue weighted by atomic mass is 9.43.